The van der Waals surface area contributed by atoms with Gasteiger partial charge in [0.25, 0.3) is 0 Å². The number of nitrogens with zero attached hydrogens (tertiary/aromatic N) is 1. The van der Waals surface area contributed by atoms with Crippen molar-refractivity contribution in [2.75, 3.05) is 20.2 Å². The number of nitrogens with one attached hydrogen (secondary N) is 1. The Labute approximate surface area is 193 Å². The Morgan fingerprint density at radius 1 is 1.29 bits per heavy atom. The van der Waals surface area contributed by atoms with Crippen molar-refractivity contribution in [3.8, 4) is 0 Å². The topological polar surface area (TPSA) is 67.9 Å². The molecule has 0 aliphatic heterocycles. The minimum atomic E-state index is -0.533. The summed E-state index contributed by atoms with van der Waals surface area (Å²) in [6.07, 6.45) is 4.62. The highest BCUT2D eigenvalue weighted by Crippen LogP contribution is 2.23. The average molecular weight is 493 g/mol. The van der Waals surface area contributed by atoms with E-state index in [1.165, 1.54) is 0 Å². The number of hydrogen-bond donors (Lipinski definition) is 1. The highest BCUT2D eigenvalue weighted by molar-refractivity contribution is 9.10. The van der Waals surface area contributed by atoms with Crippen LogP contribution in [0.25, 0.3) is 0 Å². The molecule has 0 heterocycles. The third-order valence-corrected chi connectivity index (χ3v) is 5.30. The predicted molar refractivity (Wildman–Crippen MR) is 126 cm³/mol. The zero-order valence-corrected chi connectivity index (χ0v) is 20.8. The van der Waals surface area contributed by atoms with Crippen LogP contribution in [0, 0.1) is 6.92 Å². The van der Waals surface area contributed by atoms with Gasteiger partial charge < -0.3 is 14.4 Å². The van der Waals surface area contributed by atoms with Gasteiger partial charge in [-0.3, -0.25) is 5.32 Å². The number of carbonyl (C=O) groups excluding carboxylic acids is 2. The van der Waals surface area contributed by atoms with Gasteiger partial charge in [-0.05, 0) is 75.4 Å². The molecule has 6 nitrogen and oxygen atoms in total. The van der Waals surface area contributed by atoms with Crippen molar-refractivity contribution >= 4 is 28.1 Å². The Hall–Kier alpha value is -2.28. The molecular weight excluding hydrogens is 460 g/mol. The van der Waals surface area contributed by atoms with Gasteiger partial charge in [0.1, 0.15) is 5.60 Å². The van der Waals surface area contributed by atoms with E-state index in [1.807, 2.05) is 58.9 Å². The van der Waals surface area contributed by atoms with Crippen molar-refractivity contribution in [3.05, 3.63) is 57.2 Å². The van der Waals surface area contributed by atoms with Gasteiger partial charge in [0, 0.05) is 29.7 Å². The number of carbonyl (C=O) groups is 2. The summed E-state index contributed by atoms with van der Waals surface area (Å²) in [5.74, 6) is 0.0905. The molecule has 0 fully saturated rings. The number of likely N-dealkylation sites (N-methyl/N-ethyl adjacent to an activating group) is 1. The van der Waals surface area contributed by atoms with E-state index in [-0.39, 0.29) is 12.0 Å². The van der Waals surface area contributed by atoms with Crippen molar-refractivity contribution in [1.82, 2.24) is 10.2 Å². The summed E-state index contributed by atoms with van der Waals surface area (Å²) in [5, 5.41) is 2.80. The monoisotopic (exact) mass is 492 g/mol. The number of hydrogen-bond acceptors (Lipinski definition) is 4. The second kappa shape index (κ2) is 10.8. The van der Waals surface area contributed by atoms with Crippen LogP contribution in [0.1, 0.15) is 57.6 Å². The Morgan fingerprint density at radius 2 is 2.00 bits per heavy atom. The normalized spacial score (nSPS) is 14.8. The Morgan fingerprint density at radius 3 is 2.65 bits per heavy atom. The third-order valence-electron chi connectivity index (χ3n) is 4.81. The second-order valence-electron chi connectivity index (χ2n) is 8.96. The molecule has 170 valence electrons. The predicted octanol–water partition coefficient (Wildman–Crippen LogP) is 6.06. The molecular formula is C24H33BrN2O4. The highest BCUT2D eigenvalue weighted by atomic mass is 79.9. The lowest BCUT2D eigenvalue weighted by Crippen LogP contribution is -2.35. The molecule has 2 amide bonds. The molecule has 1 N–H and O–H groups in total. The standard InChI is InChI=1S/C24H33BrN2O4/c1-16-12-19(25)10-11-21(16)17(2)15-30-22(28)26-20-9-7-8-18(13-20)14-27(6)23(29)31-24(3,4)5/h9-13,17H,7-8,14-15H2,1-6H3,(H,26,28). The van der Waals surface area contributed by atoms with Crippen LogP contribution in [0.5, 0.6) is 0 Å². The van der Waals surface area contributed by atoms with Gasteiger partial charge in [0.15, 0.2) is 0 Å². The lowest BCUT2D eigenvalue weighted by atomic mass is 9.97. The van der Waals surface area contributed by atoms with Gasteiger partial charge in [-0.2, -0.15) is 0 Å². The average Bonchev–Trinajstić information content (AvgIpc) is 2.65. The maximum Gasteiger partial charge on any atom is 0.411 e. The molecule has 1 unspecified atom stereocenters. The van der Waals surface area contributed by atoms with E-state index >= 15 is 0 Å². The van der Waals surface area contributed by atoms with E-state index in [1.54, 1.807) is 11.9 Å². The fourth-order valence-corrected chi connectivity index (χ4v) is 3.80. The number of benzene rings is 1. The van der Waals surface area contributed by atoms with Crippen LogP contribution in [0.4, 0.5) is 9.59 Å². The minimum Gasteiger partial charge on any atom is -0.449 e. The van der Waals surface area contributed by atoms with Crippen LogP contribution in [0.3, 0.4) is 0 Å². The molecule has 2 rings (SSSR count). The first-order valence-electron chi connectivity index (χ1n) is 10.5. The van der Waals surface area contributed by atoms with E-state index in [4.69, 9.17) is 9.47 Å². The summed E-state index contributed by atoms with van der Waals surface area (Å²) < 4.78 is 11.9. The number of halogens is 1. The quantitative estimate of drug-likeness (QED) is 0.523. The van der Waals surface area contributed by atoms with Crippen LogP contribution in [0.15, 0.2) is 46.1 Å². The first-order valence-corrected chi connectivity index (χ1v) is 11.3. The van der Waals surface area contributed by atoms with Crippen molar-refractivity contribution in [2.24, 2.45) is 0 Å². The fraction of sp³-hybridized carbons (Fsp3) is 0.500. The summed E-state index contributed by atoms with van der Waals surface area (Å²) in [4.78, 5) is 26.0. The molecule has 0 saturated heterocycles. The van der Waals surface area contributed by atoms with Crippen LogP contribution < -0.4 is 5.32 Å². The van der Waals surface area contributed by atoms with Gasteiger partial charge in [0.2, 0.25) is 0 Å². The number of ether oxygens (including phenoxy) is 2. The zero-order valence-electron chi connectivity index (χ0n) is 19.3. The number of amides is 2. The van der Waals surface area contributed by atoms with Crippen molar-refractivity contribution in [1.29, 1.82) is 0 Å². The largest absolute Gasteiger partial charge is 0.449 e. The van der Waals surface area contributed by atoms with E-state index < -0.39 is 11.7 Å². The molecule has 0 saturated carbocycles. The maximum atomic E-state index is 12.3. The third kappa shape index (κ3) is 8.40. The van der Waals surface area contributed by atoms with Crippen molar-refractivity contribution in [2.45, 2.75) is 59.0 Å². The van der Waals surface area contributed by atoms with Crippen LogP contribution in [-0.4, -0.2) is 42.9 Å². The number of aryl methyl sites for hydroxylation is 1. The van der Waals surface area contributed by atoms with Crippen LogP contribution in [-0.2, 0) is 9.47 Å². The molecule has 0 bridgehead atoms. The van der Waals surface area contributed by atoms with Crippen molar-refractivity contribution < 1.29 is 19.1 Å². The fourth-order valence-electron chi connectivity index (χ4n) is 3.32. The van der Waals surface area contributed by atoms with Gasteiger partial charge >= 0.3 is 12.2 Å². The molecule has 0 spiro atoms. The molecule has 1 aliphatic carbocycles. The Bertz CT molecular complexity index is 871. The molecule has 1 aromatic rings. The SMILES string of the molecule is Cc1cc(Br)ccc1C(C)COC(=O)NC1=CCCC(CN(C)C(=O)OC(C)(C)C)=C1. The molecule has 0 radical (unpaired) electrons. The van der Waals surface area contributed by atoms with Crippen LogP contribution >= 0.6 is 15.9 Å². The number of alkyl carbamates (subject to hydrolysis) is 1. The van der Waals surface area contributed by atoms with Gasteiger partial charge in [-0.15, -0.1) is 0 Å². The minimum absolute atomic E-state index is 0.0905. The summed E-state index contributed by atoms with van der Waals surface area (Å²) in [6, 6.07) is 6.09. The van der Waals surface area contributed by atoms with Gasteiger partial charge in [0.05, 0.1) is 6.61 Å². The molecule has 7 heteroatoms. The first-order chi connectivity index (χ1) is 14.4. The van der Waals surface area contributed by atoms with E-state index in [2.05, 4.69) is 27.3 Å². The summed E-state index contributed by atoms with van der Waals surface area (Å²) in [5.41, 5.74) is 3.51. The zero-order chi connectivity index (χ0) is 23.2. The molecule has 1 aromatic carbocycles. The number of rotatable bonds is 6. The summed E-state index contributed by atoms with van der Waals surface area (Å²) >= 11 is 3.47. The van der Waals surface area contributed by atoms with Crippen molar-refractivity contribution in [3.63, 3.8) is 0 Å². The lowest BCUT2D eigenvalue weighted by Gasteiger charge is -2.26. The van der Waals surface area contributed by atoms with Gasteiger partial charge in [-0.1, -0.05) is 35.0 Å². The summed E-state index contributed by atoms with van der Waals surface area (Å²) in [7, 11) is 1.71. The second-order valence-corrected chi connectivity index (χ2v) is 9.88. The van der Waals surface area contributed by atoms with E-state index in [0.717, 1.165) is 34.0 Å². The van der Waals surface area contributed by atoms with E-state index in [9.17, 15) is 9.59 Å². The van der Waals surface area contributed by atoms with Crippen LogP contribution in [0.2, 0.25) is 0 Å². The molecule has 31 heavy (non-hydrogen) atoms. The first kappa shape index (κ1) is 25.0. The maximum absolute atomic E-state index is 12.3. The van der Waals surface area contributed by atoms with E-state index in [0.29, 0.717) is 18.8 Å². The Balaban J connectivity index is 1.86. The smallest absolute Gasteiger partial charge is 0.411 e. The lowest BCUT2D eigenvalue weighted by molar-refractivity contribution is 0.0312. The highest BCUT2D eigenvalue weighted by Gasteiger charge is 2.21. The molecule has 1 atom stereocenters. The Kier molecular flexibility index (Phi) is 8.74. The number of allylic oxidation sites excluding steroid dienone is 2. The van der Waals surface area contributed by atoms with Gasteiger partial charge in [-0.25, -0.2) is 9.59 Å². The summed E-state index contributed by atoms with van der Waals surface area (Å²) in [6.45, 7) is 10.3. The molecule has 0 aromatic heterocycles. The molecule has 1 aliphatic rings.